The number of aryl methyl sites for hydroxylation is 1. The summed E-state index contributed by atoms with van der Waals surface area (Å²) in [5.41, 5.74) is 3.44. The lowest BCUT2D eigenvalue weighted by Crippen LogP contribution is -2.46. The second-order valence-corrected chi connectivity index (χ2v) is 8.87. The third kappa shape index (κ3) is 5.05. The smallest absolute Gasteiger partial charge is 0.335 e. The Morgan fingerprint density at radius 1 is 1.13 bits per heavy atom. The Bertz CT molecular complexity index is 1050. The fourth-order valence-electron chi connectivity index (χ4n) is 3.37. The Morgan fingerprint density at radius 3 is 2.52 bits per heavy atom. The van der Waals surface area contributed by atoms with Crippen LogP contribution in [0.3, 0.4) is 0 Å². The third-order valence-electron chi connectivity index (χ3n) is 5.13. The molecule has 0 spiro atoms. The van der Waals surface area contributed by atoms with Gasteiger partial charge in [-0.1, -0.05) is 17.7 Å². The molecule has 1 aliphatic rings. The third-order valence-corrected chi connectivity index (χ3v) is 6.93. The molecule has 4 rings (SSSR count). The largest absolute Gasteiger partial charge is 0.495 e. The fraction of sp³-hybridized carbons (Fsp3) is 0.273. The number of carboxylic acid groups (broad SMARTS) is 1. The zero-order chi connectivity index (χ0) is 21.8. The number of carbonyl (C=O) groups is 1. The van der Waals surface area contributed by atoms with Crippen LogP contribution >= 0.6 is 23.3 Å². The van der Waals surface area contributed by atoms with E-state index in [1.165, 1.54) is 36.4 Å². The van der Waals surface area contributed by atoms with Crippen molar-refractivity contribution in [2.24, 2.45) is 0 Å². The molecule has 1 aliphatic heterocycles. The van der Waals surface area contributed by atoms with Gasteiger partial charge in [0.15, 0.2) is 5.13 Å². The number of thiazole rings is 1. The van der Waals surface area contributed by atoms with Gasteiger partial charge in [0.05, 0.1) is 18.4 Å². The minimum absolute atomic E-state index is 0.188. The summed E-state index contributed by atoms with van der Waals surface area (Å²) in [6.07, 6.45) is 0. The van der Waals surface area contributed by atoms with Crippen LogP contribution in [-0.4, -0.2) is 49.3 Å². The maximum Gasteiger partial charge on any atom is 0.335 e. The molecular weight excluding hydrogens is 432 g/mol. The molecule has 0 amide bonds. The molecule has 7 nitrogen and oxygen atoms in total. The molecule has 1 fully saturated rings. The van der Waals surface area contributed by atoms with E-state index in [4.69, 9.17) is 14.8 Å². The molecule has 0 atom stereocenters. The highest BCUT2D eigenvalue weighted by atomic mass is 32.2. The highest BCUT2D eigenvalue weighted by Gasteiger charge is 2.20. The van der Waals surface area contributed by atoms with Crippen LogP contribution in [0.5, 0.6) is 5.75 Å². The van der Waals surface area contributed by atoms with E-state index in [-0.39, 0.29) is 5.56 Å². The van der Waals surface area contributed by atoms with Crippen LogP contribution < -0.4 is 19.3 Å². The van der Waals surface area contributed by atoms with Crippen LogP contribution in [0.2, 0.25) is 0 Å². The summed E-state index contributed by atoms with van der Waals surface area (Å²) >= 11 is 3.02. The molecule has 9 heteroatoms. The summed E-state index contributed by atoms with van der Waals surface area (Å²) in [7, 11) is 1.52. The van der Waals surface area contributed by atoms with Crippen molar-refractivity contribution in [3.05, 3.63) is 59.0 Å². The monoisotopic (exact) mass is 456 g/mol. The maximum atomic E-state index is 11.1. The lowest BCUT2D eigenvalue weighted by atomic mass is 10.2. The number of ether oxygens (including phenoxy) is 1. The Morgan fingerprint density at radius 2 is 1.84 bits per heavy atom. The quantitative estimate of drug-likeness (QED) is 0.500. The number of carboxylic acids is 1. The van der Waals surface area contributed by atoms with Gasteiger partial charge in [0, 0.05) is 49.2 Å². The topological polar surface area (TPSA) is 77.9 Å². The fourth-order valence-corrected chi connectivity index (χ4v) is 5.02. The second kappa shape index (κ2) is 9.49. The Labute approximate surface area is 189 Å². The van der Waals surface area contributed by atoms with Gasteiger partial charge in [-0.25, -0.2) is 9.78 Å². The molecule has 2 heterocycles. The van der Waals surface area contributed by atoms with E-state index in [0.29, 0.717) is 11.4 Å². The first-order chi connectivity index (χ1) is 15.0. The zero-order valence-electron chi connectivity index (χ0n) is 17.4. The van der Waals surface area contributed by atoms with E-state index in [2.05, 4.69) is 45.7 Å². The molecule has 0 radical (unpaired) electrons. The minimum Gasteiger partial charge on any atom is -0.495 e. The van der Waals surface area contributed by atoms with Gasteiger partial charge in [0.1, 0.15) is 10.8 Å². The predicted octanol–water partition coefficient (Wildman–Crippen LogP) is 4.60. The Kier molecular flexibility index (Phi) is 6.53. The van der Waals surface area contributed by atoms with Crippen molar-refractivity contribution in [2.45, 2.75) is 11.9 Å². The molecule has 162 valence electrons. The van der Waals surface area contributed by atoms with E-state index >= 15 is 0 Å². The number of aromatic nitrogens is 1. The first kappa shape index (κ1) is 21.3. The molecule has 1 saturated heterocycles. The average molecular weight is 457 g/mol. The lowest BCUT2D eigenvalue weighted by molar-refractivity contribution is 0.0696. The zero-order valence-corrected chi connectivity index (χ0v) is 19.0. The number of nitrogens with one attached hydrogen (secondary N) is 1. The van der Waals surface area contributed by atoms with Crippen LogP contribution in [-0.2, 0) is 0 Å². The normalized spacial score (nSPS) is 13.9. The molecule has 2 aromatic carbocycles. The van der Waals surface area contributed by atoms with Crippen LogP contribution in [0.15, 0.2) is 52.9 Å². The van der Waals surface area contributed by atoms with Crippen molar-refractivity contribution >= 4 is 45.8 Å². The molecule has 0 saturated carbocycles. The number of anilines is 3. The number of rotatable bonds is 7. The summed E-state index contributed by atoms with van der Waals surface area (Å²) in [5, 5.41) is 13.0. The maximum absolute atomic E-state index is 11.1. The molecule has 1 aromatic heterocycles. The number of benzene rings is 2. The first-order valence-electron chi connectivity index (χ1n) is 9.90. The van der Waals surface area contributed by atoms with Crippen molar-refractivity contribution in [3.63, 3.8) is 0 Å². The SMILES string of the molecule is COc1cc(C(=O)O)ccc1NSc1csc(N2CCN(c3ccc(C)cc3)CC2)n1. The van der Waals surface area contributed by atoms with Gasteiger partial charge in [0.25, 0.3) is 0 Å². The van der Waals surface area contributed by atoms with Gasteiger partial charge in [-0.3, -0.25) is 0 Å². The van der Waals surface area contributed by atoms with Crippen molar-refractivity contribution in [2.75, 3.05) is 47.8 Å². The van der Waals surface area contributed by atoms with Crippen LogP contribution in [0.4, 0.5) is 16.5 Å². The molecular formula is C22H24N4O3S2. The van der Waals surface area contributed by atoms with Gasteiger partial charge in [-0.05, 0) is 37.3 Å². The Hall–Kier alpha value is -2.91. The van der Waals surface area contributed by atoms with Crippen molar-refractivity contribution in [3.8, 4) is 5.75 Å². The van der Waals surface area contributed by atoms with E-state index in [1.54, 1.807) is 23.5 Å². The summed E-state index contributed by atoms with van der Waals surface area (Å²) < 4.78 is 8.52. The highest BCUT2D eigenvalue weighted by Crippen LogP contribution is 2.32. The lowest BCUT2D eigenvalue weighted by Gasteiger charge is -2.36. The number of methoxy groups -OCH3 is 1. The molecule has 3 aromatic rings. The van der Waals surface area contributed by atoms with Gasteiger partial charge in [-0.15, -0.1) is 11.3 Å². The summed E-state index contributed by atoms with van der Waals surface area (Å²) in [4.78, 5) is 20.6. The summed E-state index contributed by atoms with van der Waals surface area (Å²) in [6.45, 7) is 5.91. The molecule has 0 aliphatic carbocycles. The summed E-state index contributed by atoms with van der Waals surface area (Å²) in [5.74, 6) is -0.501. The van der Waals surface area contributed by atoms with E-state index in [9.17, 15) is 4.79 Å². The number of piperazine rings is 1. The first-order valence-corrected chi connectivity index (χ1v) is 11.6. The molecule has 0 bridgehead atoms. The molecule has 31 heavy (non-hydrogen) atoms. The van der Waals surface area contributed by atoms with Gasteiger partial charge in [0.2, 0.25) is 0 Å². The van der Waals surface area contributed by atoms with E-state index < -0.39 is 5.97 Å². The van der Waals surface area contributed by atoms with Crippen molar-refractivity contribution in [1.29, 1.82) is 0 Å². The number of nitrogens with zero attached hydrogens (tertiary/aromatic N) is 3. The van der Waals surface area contributed by atoms with Gasteiger partial charge in [-0.2, -0.15) is 0 Å². The number of aromatic carboxylic acids is 1. The van der Waals surface area contributed by atoms with Crippen LogP contribution in [0.1, 0.15) is 15.9 Å². The second-order valence-electron chi connectivity index (χ2n) is 7.20. The molecule has 0 unspecified atom stereocenters. The van der Waals surface area contributed by atoms with Crippen LogP contribution in [0, 0.1) is 6.92 Å². The number of hydrogen-bond donors (Lipinski definition) is 2. The van der Waals surface area contributed by atoms with E-state index in [1.807, 2.05) is 5.38 Å². The van der Waals surface area contributed by atoms with E-state index in [0.717, 1.165) is 36.3 Å². The van der Waals surface area contributed by atoms with Gasteiger partial charge >= 0.3 is 5.97 Å². The predicted molar refractivity (Wildman–Crippen MR) is 127 cm³/mol. The number of hydrogen-bond acceptors (Lipinski definition) is 8. The average Bonchev–Trinajstić information content (AvgIpc) is 3.27. The Balaban J connectivity index is 1.34. The van der Waals surface area contributed by atoms with Crippen molar-refractivity contribution < 1.29 is 14.6 Å². The standard InChI is InChI=1S/C22H24N4O3S2/c1-15-3-6-17(7-4-15)25-9-11-26(12-10-25)22-23-20(14-30-22)31-24-18-8-5-16(21(27)28)13-19(18)29-2/h3-8,13-14,24H,9-12H2,1-2H3,(H,27,28). The van der Waals surface area contributed by atoms with Gasteiger partial charge < -0.3 is 24.4 Å². The minimum atomic E-state index is -0.982. The van der Waals surface area contributed by atoms with Crippen LogP contribution in [0.25, 0.3) is 0 Å². The summed E-state index contributed by atoms with van der Waals surface area (Å²) in [6, 6.07) is 13.4. The molecule has 2 N–H and O–H groups in total. The highest BCUT2D eigenvalue weighted by molar-refractivity contribution is 8.00. The van der Waals surface area contributed by atoms with Crippen molar-refractivity contribution in [1.82, 2.24) is 4.98 Å².